The molecule has 76 valence electrons. The second-order valence-corrected chi connectivity index (χ2v) is 5.82. The van der Waals surface area contributed by atoms with Crippen LogP contribution in [0.1, 0.15) is 5.56 Å². The van der Waals surface area contributed by atoms with Crippen LogP contribution in [0.5, 0.6) is 0 Å². The summed E-state index contributed by atoms with van der Waals surface area (Å²) in [6.45, 7) is 1.78. The average molecular weight is 294 g/mol. The van der Waals surface area contributed by atoms with Gasteiger partial charge in [0.15, 0.2) is 0 Å². The number of benzene rings is 1. The molecule has 0 bridgehead atoms. The number of thioether (sulfide) groups is 1. The van der Waals surface area contributed by atoms with E-state index in [-0.39, 0.29) is 0 Å². The van der Waals surface area contributed by atoms with Crippen molar-refractivity contribution in [2.45, 2.75) is 11.0 Å². The monoisotopic (exact) mass is 292 g/mol. The standard InChI is InChI=1S/C10H10BrClOS/c11-8-2-1-7(10(12)3-8)6-14-9-4-13-5-9/h1-3,9H,4-6H2. The second-order valence-electron chi connectivity index (χ2n) is 3.21. The van der Waals surface area contributed by atoms with Gasteiger partial charge in [-0.25, -0.2) is 0 Å². The molecule has 14 heavy (non-hydrogen) atoms. The van der Waals surface area contributed by atoms with Gasteiger partial charge in [0.2, 0.25) is 0 Å². The van der Waals surface area contributed by atoms with E-state index in [1.54, 1.807) is 0 Å². The highest BCUT2D eigenvalue weighted by Gasteiger charge is 2.18. The first-order valence-corrected chi connectivity index (χ1v) is 6.61. The molecule has 0 saturated carbocycles. The topological polar surface area (TPSA) is 9.23 Å². The molecule has 1 aliphatic rings. The molecule has 4 heteroatoms. The van der Waals surface area contributed by atoms with E-state index in [1.165, 1.54) is 5.56 Å². The molecule has 1 heterocycles. The van der Waals surface area contributed by atoms with Crippen molar-refractivity contribution in [1.29, 1.82) is 0 Å². The molecule has 0 aliphatic carbocycles. The molecule has 0 N–H and O–H groups in total. The number of halogens is 2. The summed E-state index contributed by atoms with van der Waals surface area (Å²) < 4.78 is 6.14. The third kappa shape index (κ3) is 2.66. The minimum Gasteiger partial charge on any atom is -0.379 e. The lowest BCUT2D eigenvalue weighted by Crippen LogP contribution is -2.30. The van der Waals surface area contributed by atoms with Gasteiger partial charge in [-0.3, -0.25) is 0 Å². The van der Waals surface area contributed by atoms with E-state index in [4.69, 9.17) is 16.3 Å². The van der Waals surface area contributed by atoms with Gasteiger partial charge in [0.05, 0.1) is 18.5 Å². The van der Waals surface area contributed by atoms with Crippen molar-refractivity contribution in [3.05, 3.63) is 33.3 Å². The van der Waals surface area contributed by atoms with E-state index in [0.29, 0.717) is 5.25 Å². The molecule has 1 saturated heterocycles. The fraction of sp³-hybridized carbons (Fsp3) is 0.400. The highest BCUT2D eigenvalue weighted by atomic mass is 79.9. The molecule has 2 rings (SSSR count). The van der Waals surface area contributed by atoms with Crippen LogP contribution in [0.2, 0.25) is 5.02 Å². The molecule has 1 fully saturated rings. The quantitative estimate of drug-likeness (QED) is 0.840. The van der Waals surface area contributed by atoms with Crippen LogP contribution in [-0.4, -0.2) is 18.5 Å². The van der Waals surface area contributed by atoms with Crippen LogP contribution in [0.15, 0.2) is 22.7 Å². The van der Waals surface area contributed by atoms with Crippen molar-refractivity contribution in [1.82, 2.24) is 0 Å². The fourth-order valence-corrected chi connectivity index (χ4v) is 3.03. The van der Waals surface area contributed by atoms with Gasteiger partial charge in [-0.2, -0.15) is 0 Å². The maximum Gasteiger partial charge on any atom is 0.0608 e. The summed E-state index contributed by atoms with van der Waals surface area (Å²) in [5, 5.41) is 1.50. The van der Waals surface area contributed by atoms with Crippen molar-refractivity contribution in [2.75, 3.05) is 13.2 Å². The molecule has 0 amide bonds. The summed E-state index contributed by atoms with van der Waals surface area (Å²) in [4.78, 5) is 0. The number of ether oxygens (including phenoxy) is 1. The summed E-state index contributed by atoms with van der Waals surface area (Å²) in [6, 6.07) is 6.03. The van der Waals surface area contributed by atoms with E-state index in [0.717, 1.165) is 28.5 Å². The maximum atomic E-state index is 6.10. The molecule has 1 aromatic carbocycles. The molecule has 0 unspecified atom stereocenters. The van der Waals surface area contributed by atoms with Crippen LogP contribution in [0, 0.1) is 0 Å². The van der Waals surface area contributed by atoms with Crippen molar-refractivity contribution >= 4 is 39.3 Å². The molecular formula is C10H10BrClOS. The normalized spacial score (nSPS) is 16.7. The predicted molar refractivity (Wildman–Crippen MR) is 65.1 cm³/mol. The lowest BCUT2D eigenvalue weighted by atomic mass is 10.2. The van der Waals surface area contributed by atoms with Crippen LogP contribution in [0.4, 0.5) is 0 Å². The Morgan fingerprint density at radius 2 is 2.29 bits per heavy atom. The average Bonchev–Trinajstić information content (AvgIpc) is 2.05. The van der Waals surface area contributed by atoms with Gasteiger partial charge in [-0.15, -0.1) is 11.8 Å². The van der Waals surface area contributed by atoms with E-state index in [2.05, 4.69) is 22.0 Å². The van der Waals surface area contributed by atoms with Gasteiger partial charge >= 0.3 is 0 Å². The zero-order valence-corrected chi connectivity index (χ0v) is 10.7. The van der Waals surface area contributed by atoms with Gasteiger partial charge in [-0.05, 0) is 17.7 Å². The highest BCUT2D eigenvalue weighted by Crippen LogP contribution is 2.28. The SMILES string of the molecule is Clc1cc(Br)ccc1CSC1COC1. The first kappa shape index (κ1) is 10.8. The van der Waals surface area contributed by atoms with Gasteiger partial charge < -0.3 is 4.74 Å². The Hall–Kier alpha value is 0.300. The minimum atomic E-state index is 0.662. The lowest BCUT2D eigenvalue weighted by molar-refractivity contribution is 0.0455. The van der Waals surface area contributed by atoms with Gasteiger partial charge in [-0.1, -0.05) is 33.6 Å². The maximum absolute atomic E-state index is 6.10. The van der Waals surface area contributed by atoms with E-state index in [1.807, 2.05) is 23.9 Å². The molecule has 0 spiro atoms. The number of hydrogen-bond donors (Lipinski definition) is 0. The minimum absolute atomic E-state index is 0.662. The van der Waals surface area contributed by atoms with Crippen LogP contribution >= 0.6 is 39.3 Å². The van der Waals surface area contributed by atoms with Crippen LogP contribution in [0.25, 0.3) is 0 Å². The van der Waals surface area contributed by atoms with E-state index < -0.39 is 0 Å². The molecule has 1 nitrogen and oxygen atoms in total. The van der Waals surface area contributed by atoms with Gasteiger partial charge in [0, 0.05) is 15.2 Å². The Balaban J connectivity index is 1.94. The Bertz CT molecular complexity index is 328. The predicted octanol–water partition coefficient (Wildman–Crippen LogP) is 3.73. The molecule has 0 radical (unpaired) electrons. The van der Waals surface area contributed by atoms with Crippen molar-refractivity contribution in [3.63, 3.8) is 0 Å². The summed E-state index contributed by atoms with van der Waals surface area (Å²) in [5.74, 6) is 0.972. The van der Waals surface area contributed by atoms with Crippen molar-refractivity contribution < 1.29 is 4.74 Å². The van der Waals surface area contributed by atoms with Crippen LogP contribution in [-0.2, 0) is 10.5 Å². The Kier molecular flexibility index (Phi) is 3.77. The first-order chi connectivity index (χ1) is 6.75. The van der Waals surface area contributed by atoms with Crippen LogP contribution < -0.4 is 0 Å². The Labute approximate surface area is 101 Å². The Morgan fingerprint density at radius 3 is 2.86 bits per heavy atom. The van der Waals surface area contributed by atoms with Gasteiger partial charge in [0.1, 0.15) is 0 Å². The molecule has 0 atom stereocenters. The second kappa shape index (κ2) is 4.88. The lowest BCUT2D eigenvalue weighted by Gasteiger charge is -2.25. The number of rotatable bonds is 3. The zero-order chi connectivity index (χ0) is 9.97. The van der Waals surface area contributed by atoms with Crippen LogP contribution in [0.3, 0.4) is 0 Å². The molecule has 1 aliphatic heterocycles. The summed E-state index contributed by atoms with van der Waals surface area (Å²) >= 11 is 11.4. The Morgan fingerprint density at radius 1 is 1.50 bits per heavy atom. The molecule has 1 aromatic rings. The smallest absolute Gasteiger partial charge is 0.0608 e. The zero-order valence-electron chi connectivity index (χ0n) is 7.50. The first-order valence-electron chi connectivity index (χ1n) is 4.39. The van der Waals surface area contributed by atoms with E-state index >= 15 is 0 Å². The van der Waals surface area contributed by atoms with Crippen molar-refractivity contribution in [2.24, 2.45) is 0 Å². The summed E-state index contributed by atoms with van der Waals surface area (Å²) in [6.07, 6.45) is 0. The highest BCUT2D eigenvalue weighted by molar-refractivity contribution is 9.10. The molecular weight excluding hydrogens is 284 g/mol. The third-order valence-corrected chi connectivity index (χ3v) is 4.16. The molecule has 0 aromatic heterocycles. The summed E-state index contributed by atoms with van der Waals surface area (Å²) in [5.41, 5.74) is 1.20. The van der Waals surface area contributed by atoms with Crippen molar-refractivity contribution in [3.8, 4) is 0 Å². The van der Waals surface area contributed by atoms with E-state index in [9.17, 15) is 0 Å². The van der Waals surface area contributed by atoms with Gasteiger partial charge in [0.25, 0.3) is 0 Å². The summed E-state index contributed by atoms with van der Waals surface area (Å²) in [7, 11) is 0. The third-order valence-electron chi connectivity index (χ3n) is 2.10. The number of hydrogen-bond acceptors (Lipinski definition) is 2. The fourth-order valence-electron chi connectivity index (χ4n) is 1.16. The largest absolute Gasteiger partial charge is 0.379 e.